The number of nitrogens with one attached hydrogen (secondary N) is 1. The highest BCUT2D eigenvalue weighted by Crippen LogP contribution is 2.16. The molecule has 0 aliphatic heterocycles. The van der Waals surface area contributed by atoms with E-state index in [-0.39, 0.29) is 11.3 Å². The zero-order valence-corrected chi connectivity index (χ0v) is 10.6. The molecule has 0 aliphatic rings. The minimum Gasteiger partial charge on any atom is -0.465 e. The summed E-state index contributed by atoms with van der Waals surface area (Å²) in [6, 6.07) is 10.3. The number of nitriles is 1. The van der Waals surface area contributed by atoms with Crippen LogP contribution >= 0.6 is 0 Å². The van der Waals surface area contributed by atoms with Crippen LogP contribution < -0.4 is 5.32 Å². The van der Waals surface area contributed by atoms with E-state index in [1.165, 1.54) is 36.6 Å². The van der Waals surface area contributed by atoms with Crippen LogP contribution in [0.25, 0.3) is 6.08 Å². The van der Waals surface area contributed by atoms with Gasteiger partial charge in [0.2, 0.25) is 0 Å². The van der Waals surface area contributed by atoms with Crippen LogP contribution in [0.2, 0.25) is 0 Å². The molecule has 1 amide bonds. The SMILES string of the molecule is N#C/C(=C/c1ccco1)C(=O)Nc1ccc([N+](=O)[O-])cc1. The first-order valence-corrected chi connectivity index (χ1v) is 5.81. The second kappa shape index (κ2) is 6.16. The van der Waals surface area contributed by atoms with Crippen molar-refractivity contribution in [2.24, 2.45) is 0 Å². The zero-order valence-electron chi connectivity index (χ0n) is 10.6. The number of carbonyl (C=O) groups excluding carboxylic acids is 1. The molecule has 0 atom stereocenters. The fourth-order valence-corrected chi connectivity index (χ4v) is 1.53. The summed E-state index contributed by atoms with van der Waals surface area (Å²) in [7, 11) is 0. The van der Waals surface area contributed by atoms with Crippen molar-refractivity contribution in [3.63, 3.8) is 0 Å². The molecule has 104 valence electrons. The first-order valence-electron chi connectivity index (χ1n) is 5.81. The van der Waals surface area contributed by atoms with E-state index in [0.717, 1.165) is 0 Å². The molecule has 7 nitrogen and oxygen atoms in total. The number of anilines is 1. The Morgan fingerprint density at radius 1 is 1.33 bits per heavy atom. The molecule has 1 aromatic carbocycles. The Kier molecular flexibility index (Phi) is 4.11. The van der Waals surface area contributed by atoms with Gasteiger partial charge in [-0.05, 0) is 24.3 Å². The molecule has 1 aromatic heterocycles. The van der Waals surface area contributed by atoms with Crippen molar-refractivity contribution in [1.82, 2.24) is 0 Å². The first kappa shape index (κ1) is 14.0. The van der Waals surface area contributed by atoms with Crippen LogP contribution in [0.1, 0.15) is 5.76 Å². The van der Waals surface area contributed by atoms with Crippen molar-refractivity contribution in [1.29, 1.82) is 5.26 Å². The second-order valence-electron chi connectivity index (χ2n) is 3.94. The summed E-state index contributed by atoms with van der Waals surface area (Å²) in [5.74, 6) is -0.242. The van der Waals surface area contributed by atoms with E-state index in [1.54, 1.807) is 18.2 Å². The third kappa shape index (κ3) is 3.54. The molecule has 7 heteroatoms. The van der Waals surface area contributed by atoms with Gasteiger partial charge in [0.05, 0.1) is 11.2 Å². The number of benzene rings is 1. The fourth-order valence-electron chi connectivity index (χ4n) is 1.53. The monoisotopic (exact) mass is 283 g/mol. The van der Waals surface area contributed by atoms with Crippen molar-refractivity contribution >= 4 is 23.4 Å². The number of hydrogen-bond donors (Lipinski definition) is 1. The molecule has 0 saturated heterocycles. The smallest absolute Gasteiger partial charge is 0.269 e. The lowest BCUT2D eigenvalue weighted by Gasteiger charge is -2.03. The van der Waals surface area contributed by atoms with Crippen molar-refractivity contribution < 1.29 is 14.1 Å². The average molecular weight is 283 g/mol. The predicted octanol–water partition coefficient (Wildman–Crippen LogP) is 2.73. The summed E-state index contributed by atoms with van der Waals surface area (Å²) in [5, 5.41) is 22.0. The zero-order chi connectivity index (χ0) is 15.2. The topological polar surface area (TPSA) is 109 Å². The van der Waals surface area contributed by atoms with Gasteiger partial charge in [0.1, 0.15) is 17.4 Å². The third-order valence-electron chi connectivity index (χ3n) is 2.53. The van der Waals surface area contributed by atoms with E-state index in [1.807, 2.05) is 0 Å². The van der Waals surface area contributed by atoms with Gasteiger partial charge in [-0.2, -0.15) is 5.26 Å². The van der Waals surface area contributed by atoms with Gasteiger partial charge in [0.15, 0.2) is 0 Å². The average Bonchev–Trinajstić information content (AvgIpc) is 2.98. The molecular formula is C14H9N3O4. The maximum atomic E-state index is 11.9. The summed E-state index contributed by atoms with van der Waals surface area (Å²) in [6.45, 7) is 0. The quantitative estimate of drug-likeness (QED) is 0.401. The van der Waals surface area contributed by atoms with Gasteiger partial charge < -0.3 is 9.73 Å². The summed E-state index contributed by atoms with van der Waals surface area (Å²) in [6.07, 6.45) is 2.73. The normalized spacial score (nSPS) is 10.7. The van der Waals surface area contributed by atoms with Crippen molar-refractivity contribution in [3.05, 3.63) is 64.1 Å². The maximum Gasteiger partial charge on any atom is 0.269 e. The Morgan fingerprint density at radius 2 is 2.05 bits per heavy atom. The predicted molar refractivity (Wildman–Crippen MR) is 74.0 cm³/mol. The van der Waals surface area contributed by atoms with Gasteiger partial charge in [-0.15, -0.1) is 0 Å². The highest BCUT2D eigenvalue weighted by atomic mass is 16.6. The molecule has 0 fully saturated rings. The molecule has 0 spiro atoms. The number of amides is 1. The van der Waals surface area contributed by atoms with Crippen LogP contribution in [0, 0.1) is 21.4 Å². The van der Waals surface area contributed by atoms with Gasteiger partial charge in [-0.1, -0.05) is 0 Å². The van der Waals surface area contributed by atoms with Crippen molar-refractivity contribution in [2.75, 3.05) is 5.32 Å². The fraction of sp³-hybridized carbons (Fsp3) is 0. The largest absolute Gasteiger partial charge is 0.465 e. The molecule has 2 aromatic rings. The highest BCUT2D eigenvalue weighted by molar-refractivity contribution is 6.09. The molecule has 0 radical (unpaired) electrons. The lowest BCUT2D eigenvalue weighted by molar-refractivity contribution is -0.384. The lowest BCUT2D eigenvalue weighted by atomic mass is 10.2. The Balaban J connectivity index is 2.13. The number of nitrogens with zero attached hydrogens (tertiary/aromatic N) is 2. The van der Waals surface area contributed by atoms with E-state index >= 15 is 0 Å². The van der Waals surface area contributed by atoms with E-state index in [2.05, 4.69) is 5.32 Å². The molecule has 1 N–H and O–H groups in total. The molecule has 21 heavy (non-hydrogen) atoms. The van der Waals surface area contributed by atoms with Gasteiger partial charge >= 0.3 is 0 Å². The number of nitro groups is 1. The standard InChI is InChI=1S/C14H9N3O4/c15-9-10(8-13-2-1-7-21-13)14(18)16-11-3-5-12(6-4-11)17(19)20/h1-8H,(H,16,18)/b10-8-. The van der Waals surface area contributed by atoms with Crippen molar-refractivity contribution in [2.45, 2.75) is 0 Å². The number of non-ortho nitro benzene ring substituents is 1. The van der Waals surface area contributed by atoms with E-state index in [9.17, 15) is 14.9 Å². The molecule has 0 unspecified atom stereocenters. The molecule has 2 rings (SSSR count). The number of furan rings is 1. The van der Waals surface area contributed by atoms with Crippen LogP contribution in [0.15, 0.2) is 52.7 Å². The Labute approximate surface area is 119 Å². The third-order valence-corrected chi connectivity index (χ3v) is 2.53. The van der Waals surface area contributed by atoms with E-state index in [0.29, 0.717) is 11.4 Å². The first-order chi connectivity index (χ1) is 10.1. The number of hydrogen-bond acceptors (Lipinski definition) is 5. The molecular weight excluding hydrogens is 274 g/mol. The molecule has 0 bridgehead atoms. The van der Waals surface area contributed by atoms with Gasteiger partial charge in [0.25, 0.3) is 11.6 Å². The number of rotatable bonds is 4. The van der Waals surface area contributed by atoms with Crippen LogP contribution in [0.3, 0.4) is 0 Å². The Morgan fingerprint density at radius 3 is 2.57 bits per heavy atom. The summed E-state index contributed by atoms with van der Waals surface area (Å²) < 4.78 is 5.03. The minimum atomic E-state index is -0.622. The van der Waals surface area contributed by atoms with Crippen molar-refractivity contribution in [3.8, 4) is 6.07 Å². The van der Waals surface area contributed by atoms with Crippen LogP contribution in [-0.2, 0) is 4.79 Å². The molecule has 0 saturated carbocycles. The molecule has 1 heterocycles. The van der Waals surface area contributed by atoms with Gasteiger partial charge in [0, 0.05) is 23.9 Å². The van der Waals surface area contributed by atoms with Crippen LogP contribution in [0.5, 0.6) is 0 Å². The van der Waals surface area contributed by atoms with E-state index in [4.69, 9.17) is 9.68 Å². The van der Waals surface area contributed by atoms with E-state index < -0.39 is 10.8 Å². The van der Waals surface area contributed by atoms with Gasteiger partial charge in [-0.25, -0.2) is 0 Å². The Hall–Kier alpha value is -3.40. The maximum absolute atomic E-state index is 11.9. The second-order valence-corrected chi connectivity index (χ2v) is 3.94. The number of nitro benzene ring substituents is 1. The minimum absolute atomic E-state index is 0.0837. The van der Waals surface area contributed by atoms with Crippen LogP contribution in [-0.4, -0.2) is 10.8 Å². The number of carbonyl (C=O) groups is 1. The lowest BCUT2D eigenvalue weighted by Crippen LogP contribution is -2.13. The Bertz CT molecular complexity index is 725. The van der Waals surface area contributed by atoms with Gasteiger partial charge in [-0.3, -0.25) is 14.9 Å². The molecule has 0 aliphatic carbocycles. The summed E-state index contributed by atoms with van der Waals surface area (Å²) in [5.41, 5.74) is 0.133. The highest BCUT2D eigenvalue weighted by Gasteiger charge is 2.11. The summed E-state index contributed by atoms with van der Waals surface area (Å²) in [4.78, 5) is 21.9. The van der Waals surface area contributed by atoms with Crippen LogP contribution in [0.4, 0.5) is 11.4 Å². The summed E-state index contributed by atoms with van der Waals surface area (Å²) >= 11 is 0.